The van der Waals surface area contributed by atoms with Crippen LogP contribution in [0.4, 0.5) is 5.82 Å². The molecule has 0 saturated heterocycles. The fraction of sp³-hybridized carbons (Fsp3) is 0.100. The van der Waals surface area contributed by atoms with Gasteiger partial charge in [0.15, 0.2) is 0 Å². The lowest BCUT2D eigenvalue weighted by atomic mass is 9.98. The summed E-state index contributed by atoms with van der Waals surface area (Å²) in [6.45, 7) is 2.08. The highest BCUT2D eigenvalue weighted by molar-refractivity contribution is 6.05. The topological polar surface area (TPSA) is 51.0 Å². The first-order valence-electron chi connectivity index (χ1n) is 7.85. The van der Waals surface area contributed by atoms with Crippen molar-refractivity contribution in [2.45, 2.75) is 6.92 Å². The van der Waals surface area contributed by atoms with Gasteiger partial charge in [0.25, 0.3) is 0 Å². The summed E-state index contributed by atoms with van der Waals surface area (Å²) in [5.41, 5.74) is 4.93. The highest BCUT2D eigenvalue weighted by Gasteiger charge is 2.21. The first-order chi connectivity index (χ1) is 11.8. The molecule has 0 radical (unpaired) electrons. The van der Waals surface area contributed by atoms with Gasteiger partial charge in [0.2, 0.25) is 5.71 Å². The number of fused-ring (bicyclic) bond motifs is 1. The normalized spacial score (nSPS) is 10.9. The Morgan fingerprint density at radius 3 is 2.33 bits per heavy atom. The van der Waals surface area contributed by atoms with Crippen LogP contribution in [0.5, 0.6) is 0 Å². The number of nitrogens with zero attached hydrogens (tertiary/aromatic N) is 2. The molecule has 0 aliphatic rings. The number of nitrogens with one attached hydrogen (secondary N) is 1. The van der Waals surface area contributed by atoms with Crippen LogP contribution in [0.25, 0.3) is 33.6 Å². The minimum atomic E-state index is 0.587. The van der Waals surface area contributed by atoms with Crippen LogP contribution in [0.3, 0.4) is 0 Å². The van der Waals surface area contributed by atoms with Gasteiger partial charge < -0.3 is 9.73 Å². The molecule has 2 aromatic carbocycles. The van der Waals surface area contributed by atoms with E-state index in [0.717, 1.165) is 33.7 Å². The van der Waals surface area contributed by atoms with E-state index in [1.165, 1.54) is 11.9 Å². The second kappa shape index (κ2) is 5.81. The van der Waals surface area contributed by atoms with Gasteiger partial charge in [-0.05, 0) is 12.5 Å². The number of furan rings is 1. The molecule has 0 amide bonds. The van der Waals surface area contributed by atoms with Crippen molar-refractivity contribution in [2.75, 3.05) is 12.4 Å². The van der Waals surface area contributed by atoms with E-state index in [4.69, 9.17) is 4.42 Å². The third-order valence-corrected chi connectivity index (χ3v) is 4.10. The molecule has 118 valence electrons. The zero-order chi connectivity index (χ0) is 16.5. The number of anilines is 1. The lowest BCUT2D eigenvalue weighted by molar-refractivity contribution is 0.618. The number of aryl methyl sites for hydroxylation is 1. The molecule has 0 saturated carbocycles. The average molecular weight is 315 g/mol. The maximum atomic E-state index is 6.12. The monoisotopic (exact) mass is 315 g/mol. The Hall–Kier alpha value is -3.14. The average Bonchev–Trinajstić information content (AvgIpc) is 3.03. The van der Waals surface area contributed by atoms with Gasteiger partial charge in [-0.25, -0.2) is 9.97 Å². The van der Waals surface area contributed by atoms with Crippen molar-refractivity contribution in [1.29, 1.82) is 0 Å². The van der Waals surface area contributed by atoms with E-state index >= 15 is 0 Å². The van der Waals surface area contributed by atoms with Crippen molar-refractivity contribution < 1.29 is 4.42 Å². The maximum Gasteiger partial charge on any atom is 0.232 e. The van der Waals surface area contributed by atoms with Gasteiger partial charge in [0, 0.05) is 18.2 Å². The third-order valence-electron chi connectivity index (χ3n) is 4.10. The molecule has 0 fully saturated rings. The zero-order valence-corrected chi connectivity index (χ0v) is 13.6. The van der Waals surface area contributed by atoms with Crippen LogP contribution < -0.4 is 5.32 Å². The minimum Gasteiger partial charge on any atom is -0.437 e. The van der Waals surface area contributed by atoms with Crippen molar-refractivity contribution in [2.24, 2.45) is 0 Å². The minimum absolute atomic E-state index is 0.587. The zero-order valence-electron chi connectivity index (χ0n) is 13.6. The molecule has 0 atom stereocenters. The second-order valence-electron chi connectivity index (χ2n) is 5.69. The van der Waals surface area contributed by atoms with Crippen molar-refractivity contribution in [3.63, 3.8) is 0 Å². The van der Waals surface area contributed by atoms with Crippen LogP contribution in [-0.2, 0) is 0 Å². The Balaban J connectivity index is 2.09. The Labute approximate surface area is 140 Å². The van der Waals surface area contributed by atoms with Crippen LogP contribution in [-0.4, -0.2) is 17.0 Å². The molecule has 2 heterocycles. The Bertz CT molecular complexity index is 989. The molecule has 4 heteroatoms. The largest absolute Gasteiger partial charge is 0.437 e. The predicted octanol–water partition coefficient (Wildman–Crippen LogP) is 4.91. The summed E-state index contributed by atoms with van der Waals surface area (Å²) in [6, 6.07) is 18.5. The van der Waals surface area contributed by atoms with E-state index in [-0.39, 0.29) is 0 Å². The second-order valence-corrected chi connectivity index (χ2v) is 5.69. The molecule has 0 aliphatic heterocycles. The Morgan fingerprint density at radius 2 is 1.62 bits per heavy atom. The van der Waals surface area contributed by atoms with E-state index in [1.807, 2.05) is 37.4 Å². The molecule has 0 bridgehead atoms. The van der Waals surface area contributed by atoms with Crippen molar-refractivity contribution in [3.05, 3.63) is 66.5 Å². The molecule has 4 nitrogen and oxygen atoms in total. The number of benzene rings is 2. The molecule has 4 rings (SSSR count). The lowest BCUT2D eigenvalue weighted by Crippen LogP contribution is -1.94. The van der Waals surface area contributed by atoms with Gasteiger partial charge in [0.1, 0.15) is 17.9 Å². The Kier molecular flexibility index (Phi) is 3.50. The summed E-state index contributed by atoms with van der Waals surface area (Å²) < 4.78 is 6.12. The molecule has 0 spiro atoms. The SMILES string of the molecule is CNc1ncnc2oc(-c3ccccc3)c(-c3ccc(C)cc3)c12. The third kappa shape index (κ3) is 2.33. The van der Waals surface area contributed by atoms with E-state index < -0.39 is 0 Å². The number of hydrogen-bond acceptors (Lipinski definition) is 4. The van der Waals surface area contributed by atoms with Crippen molar-refractivity contribution in [3.8, 4) is 22.5 Å². The summed E-state index contributed by atoms with van der Waals surface area (Å²) in [5.74, 6) is 1.58. The maximum absolute atomic E-state index is 6.12. The lowest BCUT2D eigenvalue weighted by Gasteiger charge is -2.06. The molecule has 24 heavy (non-hydrogen) atoms. The number of rotatable bonds is 3. The summed E-state index contributed by atoms with van der Waals surface area (Å²) in [5, 5.41) is 4.05. The van der Waals surface area contributed by atoms with E-state index in [0.29, 0.717) is 5.71 Å². The smallest absolute Gasteiger partial charge is 0.232 e. The number of hydrogen-bond donors (Lipinski definition) is 1. The van der Waals surface area contributed by atoms with E-state index in [9.17, 15) is 0 Å². The Morgan fingerprint density at radius 1 is 0.875 bits per heavy atom. The van der Waals surface area contributed by atoms with Gasteiger partial charge in [-0.2, -0.15) is 0 Å². The van der Waals surface area contributed by atoms with Crippen LogP contribution >= 0.6 is 0 Å². The first-order valence-corrected chi connectivity index (χ1v) is 7.85. The summed E-state index contributed by atoms with van der Waals surface area (Å²) in [4.78, 5) is 8.68. The molecule has 0 unspecified atom stereocenters. The van der Waals surface area contributed by atoms with Gasteiger partial charge in [-0.15, -0.1) is 0 Å². The van der Waals surface area contributed by atoms with Crippen molar-refractivity contribution >= 4 is 16.9 Å². The first kappa shape index (κ1) is 14.5. The van der Waals surface area contributed by atoms with Crippen LogP contribution in [0.2, 0.25) is 0 Å². The van der Waals surface area contributed by atoms with E-state index in [2.05, 4.69) is 46.5 Å². The molecule has 1 N–H and O–H groups in total. The predicted molar refractivity (Wildman–Crippen MR) is 97.0 cm³/mol. The highest BCUT2D eigenvalue weighted by atomic mass is 16.3. The van der Waals surface area contributed by atoms with E-state index in [1.54, 1.807) is 0 Å². The summed E-state index contributed by atoms with van der Waals surface area (Å²) >= 11 is 0. The standard InChI is InChI=1S/C20H17N3O/c1-13-8-10-14(11-9-13)16-17-19(21-2)22-12-23-20(17)24-18(16)15-6-4-3-5-7-15/h3-12H,1-2H3,(H,21,22,23). The van der Waals surface area contributed by atoms with Gasteiger partial charge >= 0.3 is 0 Å². The summed E-state index contributed by atoms with van der Waals surface area (Å²) in [6.07, 6.45) is 1.52. The summed E-state index contributed by atoms with van der Waals surface area (Å²) in [7, 11) is 1.86. The quantitative estimate of drug-likeness (QED) is 0.584. The molecular weight excluding hydrogens is 298 g/mol. The van der Waals surface area contributed by atoms with Gasteiger partial charge in [-0.1, -0.05) is 60.2 Å². The fourth-order valence-electron chi connectivity index (χ4n) is 2.91. The molecular formula is C20H17N3O. The van der Waals surface area contributed by atoms with Crippen LogP contribution in [0.15, 0.2) is 65.3 Å². The fourth-order valence-corrected chi connectivity index (χ4v) is 2.91. The molecule has 4 aromatic rings. The van der Waals surface area contributed by atoms with Crippen molar-refractivity contribution in [1.82, 2.24) is 9.97 Å². The number of aromatic nitrogens is 2. The molecule has 0 aliphatic carbocycles. The highest BCUT2D eigenvalue weighted by Crippen LogP contribution is 2.42. The van der Waals surface area contributed by atoms with Gasteiger partial charge in [-0.3, -0.25) is 0 Å². The van der Waals surface area contributed by atoms with Crippen LogP contribution in [0.1, 0.15) is 5.56 Å². The van der Waals surface area contributed by atoms with Gasteiger partial charge in [0.05, 0.1) is 5.39 Å². The molecule has 2 aromatic heterocycles. The van der Waals surface area contributed by atoms with Crippen LogP contribution in [0, 0.1) is 6.92 Å².